The average Bonchev–Trinajstić information content (AvgIpc) is 3.23. The summed E-state index contributed by atoms with van der Waals surface area (Å²) in [6, 6.07) is 8.32. The molecule has 0 spiro atoms. The predicted molar refractivity (Wildman–Crippen MR) is 94.1 cm³/mol. The molecule has 1 aromatic carbocycles. The first-order valence-corrected chi connectivity index (χ1v) is 8.39. The van der Waals surface area contributed by atoms with Crippen LogP contribution in [0, 0.1) is 0 Å². The van der Waals surface area contributed by atoms with Crippen LogP contribution < -0.4 is 10.5 Å². The SMILES string of the molecule is Nc1nc(OC(=O)c2ccccc2)c2ncn([C@@H]3O[C@H](CO)[C@@H](O)[C@H]3O)c2n1. The Morgan fingerprint density at radius 3 is 2.64 bits per heavy atom. The summed E-state index contributed by atoms with van der Waals surface area (Å²) in [6.45, 7) is -0.474. The minimum atomic E-state index is -1.33. The Hall–Kier alpha value is -3.12. The number of esters is 1. The van der Waals surface area contributed by atoms with E-state index in [1.165, 1.54) is 10.9 Å². The van der Waals surface area contributed by atoms with Gasteiger partial charge in [0.25, 0.3) is 5.88 Å². The number of hydrogen-bond donors (Lipinski definition) is 4. The quantitative estimate of drug-likeness (QED) is 0.418. The van der Waals surface area contributed by atoms with E-state index in [1.54, 1.807) is 30.3 Å². The van der Waals surface area contributed by atoms with Crippen molar-refractivity contribution in [2.75, 3.05) is 12.3 Å². The van der Waals surface area contributed by atoms with Crippen LogP contribution >= 0.6 is 0 Å². The van der Waals surface area contributed by atoms with Gasteiger partial charge in [-0.05, 0) is 12.1 Å². The number of nitrogens with two attached hydrogens (primary N) is 1. The van der Waals surface area contributed by atoms with E-state index >= 15 is 0 Å². The van der Waals surface area contributed by atoms with Gasteiger partial charge in [0.1, 0.15) is 18.3 Å². The summed E-state index contributed by atoms with van der Waals surface area (Å²) in [5.41, 5.74) is 6.31. The number of benzene rings is 1. The lowest BCUT2D eigenvalue weighted by Gasteiger charge is -2.16. The molecule has 0 radical (unpaired) electrons. The van der Waals surface area contributed by atoms with Crippen molar-refractivity contribution in [2.45, 2.75) is 24.5 Å². The number of carbonyl (C=O) groups is 1. The Balaban J connectivity index is 1.70. The second-order valence-corrected chi connectivity index (χ2v) is 6.20. The van der Waals surface area contributed by atoms with Gasteiger partial charge in [-0.2, -0.15) is 9.97 Å². The number of aromatic nitrogens is 4. The number of carbonyl (C=O) groups excluding carboxylic acids is 1. The molecule has 1 aliphatic rings. The minimum absolute atomic E-state index is 0.121. The van der Waals surface area contributed by atoms with E-state index < -0.39 is 37.1 Å². The molecule has 1 aliphatic heterocycles. The summed E-state index contributed by atoms with van der Waals surface area (Å²) < 4.78 is 12.1. The highest BCUT2D eigenvalue weighted by Gasteiger charge is 2.44. The number of aliphatic hydroxyl groups excluding tert-OH is 3. The van der Waals surface area contributed by atoms with Gasteiger partial charge < -0.3 is 30.5 Å². The monoisotopic (exact) mass is 387 g/mol. The predicted octanol–water partition coefficient (Wildman–Crippen LogP) is -0.761. The fourth-order valence-corrected chi connectivity index (χ4v) is 2.99. The molecule has 3 aromatic rings. The maximum absolute atomic E-state index is 12.3. The molecule has 4 rings (SSSR count). The molecule has 3 heterocycles. The number of fused-ring (bicyclic) bond motifs is 1. The van der Waals surface area contributed by atoms with Crippen LogP contribution in [0.5, 0.6) is 5.88 Å². The number of nitrogen functional groups attached to an aromatic ring is 1. The summed E-state index contributed by atoms with van der Waals surface area (Å²) in [5, 5.41) is 29.4. The van der Waals surface area contributed by atoms with Crippen molar-refractivity contribution >= 4 is 23.1 Å². The highest BCUT2D eigenvalue weighted by atomic mass is 16.6. The van der Waals surface area contributed by atoms with Crippen molar-refractivity contribution in [3.8, 4) is 5.88 Å². The molecule has 28 heavy (non-hydrogen) atoms. The first kappa shape index (κ1) is 18.3. The number of imidazole rings is 1. The van der Waals surface area contributed by atoms with Gasteiger partial charge in [-0.25, -0.2) is 9.78 Å². The molecule has 0 amide bonds. The van der Waals surface area contributed by atoms with E-state index in [0.717, 1.165) is 0 Å². The lowest BCUT2D eigenvalue weighted by molar-refractivity contribution is -0.0511. The molecule has 0 bridgehead atoms. The standard InChI is InChI=1S/C17H17N5O6/c18-17-20-13-10(14(21-17)28-16(26)8-4-2-1-3-5-8)19-7-22(13)15-12(25)11(24)9(6-23)27-15/h1-5,7,9,11-12,15,23-25H,6H2,(H2,18,20,21)/t9-,11-,12-,15-/m1/s1. The van der Waals surface area contributed by atoms with Crippen LogP contribution in [0.25, 0.3) is 11.2 Å². The molecule has 146 valence electrons. The zero-order valence-corrected chi connectivity index (χ0v) is 14.4. The maximum atomic E-state index is 12.3. The van der Waals surface area contributed by atoms with E-state index in [-0.39, 0.29) is 23.0 Å². The van der Waals surface area contributed by atoms with Crippen LogP contribution in [0.4, 0.5) is 5.95 Å². The second kappa shape index (κ2) is 7.13. The van der Waals surface area contributed by atoms with Crippen molar-refractivity contribution in [3.05, 3.63) is 42.2 Å². The van der Waals surface area contributed by atoms with Gasteiger partial charge >= 0.3 is 5.97 Å². The van der Waals surface area contributed by atoms with Crippen LogP contribution in [-0.2, 0) is 4.74 Å². The van der Waals surface area contributed by atoms with Crippen LogP contribution in [0.3, 0.4) is 0 Å². The fraction of sp³-hybridized carbons (Fsp3) is 0.294. The van der Waals surface area contributed by atoms with Crippen molar-refractivity contribution in [1.82, 2.24) is 19.5 Å². The van der Waals surface area contributed by atoms with Crippen molar-refractivity contribution < 1.29 is 29.6 Å². The molecular formula is C17H17N5O6. The van der Waals surface area contributed by atoms with Gasteiger partial charge in [-0.3, -0.25) is 4.57 Å². The highest BCUT2D eigenvalue weighted by molar-refractivity contribution is 5.92. The number of ether oxygens (including phenoxy) is 2. The van der Waals surface area contributed by atoms with Crippen LogP contribution in [0.1, 0.15) is 16.6 Å². The van der Waals surface area contributed by atoms with Gasteiger partial charge in [-0.1, -0.05) is 18.2 Å². The van der Waals surface area contributed by atoms with Crippen LogP contribution in [0.2, 0.25) is 0 Å². The molecular weight excluding hydrogens is 370 g/mol. The van der Waals surface area contributed by atoms with Gasteiger partial charge in [0.2, 0.25) is 5.95 Å². The first-order valence-electron chi connectivity index (χ1n) is 8.39. The highest BCUT2D eigenvalue weighted by Crippen LogP contribution is 2.33. The minimum Gasteiger partial charge on any atom is -0.401 e. The molecule has 0 aliphatic carbocycles. The van der Waals surface area contributed by atoms with Gasteiger partial charge in [0.15, 0.2) is 17.4 Å². The Kier molecular flexibility index (Phi) is 4.65. The Morgan fingerprint density at radius 1 is 1.21 bits per heavy atom. The molecule has 2 aromatic heterocycles. The Morgan fingerprint density at radius 2 is 1.96 bits per heavy atom. The molecule has 11 nitrogen and oxygen atoms in total. The molecule has 1 saturated heterocycles. The Bertz CT molecular complexity index is 1010. The largest absolute Gasteiger partial charge is 0.401 e. The third-order valence-electron chi connectivity index (χ3n) is 4.40. The first-order chi connectivity index (χ1) is 13.5. The molecule has 5 N–H and O–H groups in total. The number of rotatable bonds is 4. The maximum Gasteiger partial charge on any atom is 0.344 e. The zero-order chi connectivity index (χ0) is 19.8. The third kappa shape index (κ3) is 3.05. The van der Waals surface area contributed by atoms with E-state index in [4.69, 9.17) is 15.2 Å². The summed E-state index contributed by atoms with van der Waals surface area (Å²) in [5.74, 6) is -0.985. The third-order valence-corrected chi connectivity index (χ3v) is 4.40. The normalized spacial score (nSPS) is 24.5. The van der Waals surface area contributed by atoms with Crippen LogP contribution in [0.15, 0.2) is 36.7 Å². The molecule has 4 atom stereocenters. The number of hydrogen-bond acceptors (Lipinski definition) is 10. The number of aliphatic hydroxyl groups is 3. The van der Waals surface area contributed by atoms with Crippen molar-refractivity contribution in [1.29, 1.82) is 0 Å². The van der Waals surface area contributed by atoms with E-state index in [0.29, 0.717) is 5.56 Å². The van der Waals surface area contributed by atoms with Gasteiger partial charge in [0, 0.05) is 0 Å². The molecule has 0 saturated carbocycles. The number of nitrogens with zero attached hydrogens (tertiary/aromatic N) is 4. The molecule has 1 fully saturated rings. The zero-order valence-electron chi connectivity index (χ0n) is 14.4. The van der Waals surface area contributed by atoms with Crippen molar-refractivity contribution in [3.63, 3.8) is 0 Å². The topological polar surface area (TPSA) is 166 Å². The smallest absolute Gasteiger partial charge is 0.344 e. The molecule has 11 heteroatoms. The van der Waals surface area contributed by atoms with Crippen LogP contribution in [-0.4, -0.2) is 65.7 Å². The summed E-state index contributed by atoms with van der Waals surface area (Å²) in [4.78, 5) is 24.5. The van der Waals surface area contributed by atoms with E-state index in [2.05, 4.69) is 15.0 Å². The molecule has 0 unspecified atom stereocenters. The average molecular weight is 387 g/mol. The second-order valence-electron chi connectivity index (χ2n) is 6.20. The van der Waals surface area contributed by atoms with Gasteiger partial charge in [-0.15, -0.1) is 0 Å². The fourth-order valence-electron chi connectivity index (χ4n) is 2.99. The van der Waals surface area contributed by atoms with Crippen molar-refractivity contribution in [2.24, 2.45) is 0 Å². The van der Waals surface area contributed by atoms with E-state index in [1.807, 2.05) is 0 Å². The summed E-state index contributed by atoms with van der Waals surface area (Å²) in [6.07, 6.45) is -3.36. The Labute approximate surface area is 158 Å². The lowest BCUT2D eigenvalue weighted by Crippen LogP contribution is -2.33. The van der Waals surface area contributed by atoms with Gasteiger partial charge in [0.05, 0.1) is 18.5 Å². The lowest BCUT2D eigenvalue weighted by atomic mass is 10.1. The summed E-state index contributed by atoms with van der Waals surface area (Å²) >= 11 is 0. The number of anilines is 1. The summed E-state index contributed by atoms with van der Waals surface area (Å²) in [7, 11) is 0. The van der Waals surface area contributed by atoms with E-state index in [9.17, 15) is 20.1 Å².